The lowest BCUT2D eigenvalue weighted by molar-refractivity contribution is -0.111. The summed E-state index contributed by atoms with van der Waals surface area (Å²) in [6, 6.07) is 13.8. The number of ether oxygens (including phenoxy) is 1. The summed E-state index contributed by atoms with van der Waals surface area (Å²) in [6.45, 7) is 3.61. The molecule has 0 aromatic heterocycles. The average molecular weight is 415 g/mol. The van der Waals surface area contributed by atoms with Crippen molar-refractivity contribution in [2.75, 3.05) is 25.0 Å². The van der Waals surface area contributed by atoms with Crippen molar-refractivity contribution in [3.05, 3.63) is 60.2 Å². The number of rotatable bonds is 7. The van der Waals surface area contributed by atoms with Crippen LogP contribution in [0.25, 0.3) is 6.08 Å². The Labute approximate surface area is 172 Å². The Morgan fingerprint density at radius 2 is 1.83 bits per heavy atom. The van der Waals surface area contributed by atoms with Gasteiger partial charge in [0, 0.05) is 24.9 Å². The second kappa shape index (κ2) is 9.71. The molecule has 0 radical (unpaired) electrons. The van der Waals surface area contributed by atoms with Crippen molar-refractivity contribution in [3.63, 3.8) is 0 Å². The van der Waals surface area contributed by atoms with E-state index in [9.17, 15) is 13.2 Å². The zero-order valence-electron chi connectivity index (χ0n) is 16.5. The van der Waals surface area contributed by atoms with Crippen LogP contribution in [0.2, 0.25) is 0 Å². The molecule has 1 saturated heterocycles. The molecule has 0 saturated carbocycles. The molecule has 1 heterocycles. The third kappa shape index (κ3) is 5.68. The van der Waals surface area contributed by atoms with Crippen LogP contribution in [-0.2, 0) is 14.8 Å². The third-order valence-corrected chi connectivity index (χ3v) is 6.57. The van der Waals surface area contributed by atoms with Gasteiger partial charge in [-0.05, 0) is 61.7 Å². The molecule has 1 fully saturated rings. The molecule has 154 valence electrons. The molecule has 1 aliphatic rings. The van der Waals surface area contributed by atoms with Gasteiger partial charge < -0.3 is 10.1 Å². The van der Waals surface area contributed by atoms with Crippen LogP contribution in [0, 0.1) is 0 Å². The monoisotopic (exact) mass is 414 g/mol. The number of carbonyl (C=O) groups is 1. The lowest BCUT2D eigenvalue weighted by Crippen LogP contribution is -2.35. The van der Waals surface area contributed by atoms with E-state index in [2.05, 4.69) is 5.32 Å². The van der Waals surface area contributed by atoms with Crippen LogP contribution >= 0.6 is 0 Å². The molecule has 0 bridgehead atoms. The molecule has 7 heteroatoms. The van der Waals surface area contributed by atoms with Crippen molar-refractivity contribution in [2.24, 2.45) is 0 Å². The van der Waals surface area contributed by atoms with Crippen LogP contribution in [0.15, 0.2) is 59.5 Å². The lowest BCUT2D eigenvalue weighted by atomic mass is 10.2. The van der Waals surface area contributed by atoms with Crippen LogP contribution in [0.5, 0.6) is 5.75 Å². The first-order chi connectivity index (χ1) is 14.0. The zero-order chi connectivity index (χ0) is 20.7. The largest absolute Gasteiger partial charge is 0.494 e. The summed E-state index contributed by atoms with van der Waals surface area (Å²) in [6.07, 6.45) is 5.93. The van der Waals surface area contributed by atoms with Crippen molar-refractivity contribution in [3.8, 4) is 5.75 Å². The van der Waals surface area contributed by atoms with E-state index in [-0.39, 0.29) is 10.8 Å². The molecule has 0 atom stereocenters. The highest BCUT2D eigenvalue weighted by atomic mass is 32.2. The Bertz CT molecular complexity index is 963. The van der Waals surface area contributed by atoms with Gasteiger partial charge in [-0.3, -0.25) is 4.79 Å². The summed E-state index contributed by atoms with van der Waals surface area (Å²) >= 11 is 0. The van der Waals surface area contributed by atoms with Gasteiger partial charge in [-0.25, -0.2) is 8.42 Å². The van der Waals surface area contributed by atoms with Gasteiger partial charge in [0.05, 0.1) is 11.5 Å². The van der Waals surface area contributed by atoms with Crippen molar-refractivity contribution in [1.82, 2.24) is 4.31 Å². The Balaban J connectivity index is 1.65. The fraction of sp³-hybridized carbons (Fsp3) is 0.318. The van der Waals surface area contributed by atoms with E-state index < -0.39 is 10.0 Å². The predicted molar refractivity (Wildman–Crippen MR) is 114 cm³/mol. The SMILES string of the molecule is CCOc1ccc(/C=C/C(=O)Nc2cccc(S(=O)(=O)N3CCCCC3)c2)cc1. The molecular weight excluding hydrogens is 388 g/mol. The Morgan fingerprint density at radius 1 is 1.10 bits per heavy atom. The minimum atomic E-state index is -3.53. The summed E-state index contributed by atoms with van der Waals surface area (Å²) < 4.78 is 32.5. The second-order valence-electron chi connectivity index (χ2n) is 6.82. The van der Waals surface area contributed by atoms with Gasteiger partial charge in [0.25, 0.3) is 0 Å². The molecular formula is C22H26N2O4S. The predicted octanol–water partition coefficient (Wildman–Crippen LogP) is 3.91. The average Bonchev–Trinajstić information content (AvgIpc) is 2.74. The van der Waals surface area contributed by atoms with Crippen molar-refractivity contribution in [2.45, 2.75) is 31.1 Å². The lowest BCUT2D eigenvalue weighted by Gasteiger charge is -2.26. The van der Waals surface area contributed by atoms with Gasteiger partial charge in [-0.15, -0.1) is 0 Å². The molecule has 0 aliphatic carbocycles. The highest BCUT2D eigenvalue weighted by Crippen LogP contribution is 2.23. The number of piperidine rings is 1. The molecule has 0 unspecified atom stereocenters. The standard InChI is InChI=1S/C22H26N2O4S/c1-2-28-20-12-9-18(10-13-20)11-14-22(25)23-19-7-6-8-21(17-19)29(26,27)24-15-4-3-5-16-24/h6-14,17H,2-5,15-16H2,1H3,(H,23,25)/b14-11+. The summed E-state index contributed by atoms with van der Waals surface area (Å²) in [5.74, 6) is 0.451. The highest BCUT2D eigenvalue weighted by molar-refractivity contribution is 7.89. The number of benzene rings is 2. The molecule has 2 aromatic rings. The maximum atomic E-state index is 12.8. The van der Waals surface area contributed by atoms with E-state index in [4.69, 9.17) is 4.74 Å². The van der Waals surface area contributed by atoms with Gasteiger partial charge in [0.1, 0.15) is 5.75 Å². The Morgan fingerprint density at radius 3 is 2.52 bits per heavy atom. The van der Waals surface area contributed by atoms with Gasteiger partial charge in [-0.2, -0.15) is 4.31 Å². The van der Waals surface area contributed by atoms with Crippen LogP contribution in [0.1, 0.15) is 31.7 Å². The topological polar surface area (TPSA) is 75.7 Å². The second-order valence-corrected chi connectivity index (χ2v) is 8.76. The first-order valence-electron chi connectivity index (χ1n) is 9.81. The summed E-state index contributed by atoms with van der Waals surface area (Å²) in [5, 5.41) is 2.73. The molecule has 3 rings (SSSR count). The van der Waals surface area contributed by atoms with Crippen LogP contribution in [0.4, 0.5) is 5.69 Å². The Hall–Kier alpha value is -2.64. The number of hydrogen-bond acceptors (Lipinski definition) is 4. The fourth-order valence-corrected chi connectivity index (χ4v) is 4.75. The highest BCUT2D eigenvalue weighted by Gasteiger charge is 2.26. The molecule has 0 spiro atoms. The normalized spacial score (nSPS) is 15.3. The van der Waals surface area contributed by atoms with E-state index in [1.807, 2.05) is 31.2 Å². The number of carbonyl (C=O) groups excluding carboxylic acids is 1. The van der Waals surface area contributed by atoms with Crippen molar-refractivity contribution >= 4 is 27.7 Å². The maximum absolute atomic E-state index is 12.8. The van der Waals surface area contributed by atoms with Crippen molar-refractivity contribution < 1.29 is 17.9 Å². The summed E-state index contributed by atoms with van der Waals surface area (Å²) in [5.41, 5.74) is 1.31. The number of nitrogens with one attached hydrogen (secondary N) is 1. The van der Waals surface area contributed by atoms with E-state index in [1.165, 1.54) is 16.4 Å². The van der Waals surface area contributed by atoms with Crippen LogP contribution in [0.3, 0.4) is 0 Å². The summed E-state index contributed by atoms with van der Waals surface area (Å²) in [7, 11) is -3.53. The van der Waals surface area contributed by atoms with E-state index in [0.717, 1.165) is 30.6 Å². The van der Waals surface area contributed by atoms with Gasteiger partial charge in [0.15, 0.2) is 0 Å². The van der Waals surface area contributed by atoms with E-state index in [0.29, 0.717) is 25.4 Å². The first-order valence-corrected chi connectivity index (χ1v) is 11.2. The molecule has 29 heavy (non-hydrogen) atoms. The van der Waals surface area contributed by atoms with E-state index in [1.54, 1.807) is 24.3 Å². The van der Waals surface area contributed by atoms with Crippen molar-refractivity contribution in [1.29, 1.82) is 0 Å². The van der Waals surface area contributed by atoms with E-state index >= 15 is 0 Å². The number of nitrogens with zero attached hydrogens (tertiary/aromatic N) is 1. The molecule has 6 nitrogen and oxygen atoms in total. The minimum Gasteiger partial charge on any atom is -0.494 e. The number of anilines is 1. The number of amides is 1. The smallest absolute Gasteiger partial charge is 0.248 e. The minimum absolute atomic E-state index is 0.202. The van der Waals surface area contributed by atoms with Gasteiger partial charge in [0.2, 0.25) is 15.9 Å². The Kier molecular flexibility index (Phi) is 7.06. The number of hydrogen-bond donors (Lipinski definition) is 1. The third-order valence-electron chi connectivity index (χ3n) is 4.67. The number of sulfonamides is 1. The molecule has 2 aromatic carbocycles. The molecule has 1 amide bonds. The van der Waals surface area contributed by atoms with Crippen LogP contribution < -0.4 is 10.1 Å². The van der Waals surface area contributed by atoms with Crippen LogP contribution in [-0.4, -0.2) is 38.3 Å². The first kappa shape index (κ1) is 21.1. The fourth-order valence-electron chi connectivity index (χ4n) is 3.19. The molecule has 1 aliphatic heterocycles. The quantitative estimate of drug-likeness (QED) is 0.697. The van der Waals surface area contributed by atoms with Gasteiger partial charge >= 0.3 is 0 Å². The maximum Gasteiger partial charge on any atom is 0.248 e. The molecule has 1 N–H and O–H groups in total. The zero-order valence-corrected chi connectivity index (χ0v) is 17.3. The van der Waals surface area contributed by atoms with Gasteiger partial charge in [-0.1, -0.05) is 24.6 Å². The summed E-state index contributed by atoms with van der Waals surface area (Å²) in [4.78, 5) is 12.4.